The Kier molecular flexibility index (Phi) is 6.34. The number of hydrogen-bond donors (Lipinski definition) is 2. The maximum absolute atomic E-state index is 13.0. The maximum Gasteiger partial charge on any atom is 0.270 e. The van der Waals surface area contributed by atoms with Crippen molar-refractivity contribution >= 4 is 44.9 Å². The predicted octanol–water partition coefficient (Wildman–Crippen LogP) is 4.80. The molecule has 0 saturated carbocycles. The third-order valence-electron chi connectivity index (χ3n) is 4.16. The van der Waals surface area contributed by atoms with Crippen LogP contribution in [0.4, 0.5) is 17.1 Å². The van der Waals surface area contributed by atoms with Gasteiger partial charge in [0, 0.05) is 12.1 Å². The molecule has 0 aliphatic heterocycles. The highest BCUT2D eigenvalue weighted by Gasteiger charge is 2.23. The second-order valence-corrected chi connectivity index (χ2v) is 8.31. The van der Waals surface area contributed by atoms with Crippen LogP contribution >= 0.6 is 11.6 Å². The molecule has 0 saturated heterocycles. The molecule has 0 radical (unpaired) electrons. The molecule has 0 aromatic heterocycles. The molecular weight excluding hydrogens is 428 g/mol. The number of rotatable bonds is 7. The van der Waals surface area contributed by atoms with Gasteiger partial charge in [-0.1, -0.05) is 48.0 Å². The van der Waals surface area contributed by atoms with E-state index in [1.165, 1.54) is 30.5 Å². The molecule has 30 heavy (non-hydrogen) atoms. The Hall–Kier alpha value is -3.43. The molecule has 0 aliphatic rings. The number of nitro groups is 1. The minimum absolute atomic E-state index is 0.0741. The summed E-state index contributed by atoms with van der Waals surface area (Å²) >= 11 is 6.03. The highest BCUT2D eigenvalue weighted by molar-refractivity contribution is 7.93. The average molecular weight is 445 g/mol. The van der Waals surface area contributed by atoms with Crippen LogP contribution in [0.25, 0.3) is 0 Å². The molecule has 3 aromatic rings. The highest BCUT2D eigenvalue weighted by atomic mass is 35.5. The van der Waals surface area contributed by atoms with E-state index in [0.717, 1.165) is 17.2 Å². The molecule has 0 bridgehead atoms. The van der Waals surface area contributed by atoms with Crippen molar-refractivity contribution < 1.29 is 13.3 Å². The van der Waals surface area contributed by atoms with Gasteiger partial charge in [0.05, 0.1) is 27.5 Å². The molecule has 0 fully saturated rings. The van der Waals surface area contributed by atoms with Crippen LogP contribution in [-0.2, 0) is 10.0 Å². The molecule has 154 valence electrons. The van der Waals surface area contributed by atoms with Crippen LogP contribution in [0.5, 0.6) is 0 Å². The van der Waals surface area contributed by atoms with Crippen molar-refractivity contribution in [3.05, 3.63) is 93.0 Å². The fourth-order valence-electron chi connectivity index (χ4n) is 2.59. The Morgan fingerprint density at radius 3 is 2.43 bits per heavy atom. The van der Waals surface area contributed by atoms with Gasteiger partial charge in [-0.25, -0.2) is 8.42 Å². The van der Waals surface area contributed by atoms with Crippen LogP contribution in [0.2, 0.25) is 5.02 Å². The first-order valence-electron chi connectivity index (χ1n) is 8.68. The second kappa shape index (κ2) is 8.93. The van der Waals surface area contributed by atoms with E-state index in [-0.39, 0.29) is 27.0 Å². The summed E-state index contributed by atoms with van der Waals surface area (Å²) in [5.41, 5.74) is 4.34. The van der Waals surface area contributed by atoms with Gasteiger partial charge in [0.15, 0.2) is 0 Å². The summed E-state index contributed by atoms with van der Waals surface area (Å²) in [6, 6.07) is 17.2. The zero-order valence-corrected chi connectivity index (χ0v) is 17.3. The van der Waals surface area contributed by atoms with E-state index < -0.39 is 14.9 Å². The van der Waals surface area contributed by atoms with Crippen LogP contribution in [0.1, 0.15) is 11.1 Å². The van der Waals surface area contributed by atoms with E-state index >= 15 is 0 Å². The Labute approximate surface area is 178 Å². The lowest BCUT2D eigenvalue weighted by molar-refractivity contribution is -0.385. The number of nitro benzene ring substituents is 1. The Morgan fingerprint density at radius 1 is 1.03 bits per heavy atom. The van der Waals surface area contributed by atoms with Crippen molar-refractivity contribution in [2.75, 3.05) is 10.1 Å². The summed E-state index contributed by atoms with van der Waals surface area (Å²) in [5, 5.41) is 15.4. The van der Waals surface area contributed by atoms with Gasteiger partial charge in [-0.05, 0) is 36.2 Å². The zero-order valence-electron chi connectivity index (χ0n) is 15.7. The van der Waals surface area contributed by atoms with Crippen LogP contribution < -0.4 is 10.1 Å². The first-order valence-corrected chi connectivity index (χ1v) is 10.5. The van der Waals surface area contributed by atoms with Crippen LogP contribution in [0.15, 0.2) is 76.7 Å². The van der Waals surface area contributed by atoms with E-state index in [4.69, 9.17) is 11.6 Å². The van der Waals surface area contributed by atoms with E-state index in [0.29, 0.717) is 0 Å². The van der Waals surface area contributed by atoms with Crippen molar-refractivity contribution in [1.82, 2.24) is 0 Å². The van der Waals surface area contributed by atoms with Gasteiger partial charge in [-0.15, -0.1) is 0 Å². The molecule has 3 rings (SSSR count). The van der Waals surface area contributed by atoms with Gasteiger partial charge in [0.2, 0.25) is 0 Å². The van der Waals surface area contributed by atoms with Crippen molar-refractivity contribution in [3.8, 4) is 0 Å². The van der Waals surface area contributed by atoms with Crippen molar-refractivity contribution in [2.24, 2.45) is 5.10 Å². The van der Waals surface area contributed by atoms with Crippen LogP contribution in [-0.4, -0.2) is 19.6 Å². The average Bonchev–Trinajstić information content (AvgIpc) is 2.71. The SMILES string of the molecule is Cc1ccccc1/C=N\Nc1ccc([N+](=O)[O-])cc1S(=O)(=O)Nc1ccccc1Cl. The third kappa shape index (κ3) is 4.94. The van der Waals surface area contributed by atoms with Gasteiger partial charge in [0.25, 0.3) is 15.7 Å². The summed E-state index contributed by atoms with van der Waals surface area (Å²) in [7, 11) is -4.20. The lowest BCUT2D eigenvalue weighted by Gasteiger charge is -2.13. The maximum atomic E-state index is 13.0. The Bertz CT molecular complexity index is 1230. The molecule has 0 spiro atoms. The van der Waals surface area contributed by atoms with Gasteiger partial charge in [0.1, 0.15) is 4.90 Å². The normalized spacial score (nSPS) is 11.4. The number of anilines is 2. The smallest absolute Gasteiger partial charge is 0.270 e. The molecule has 3 aromatic carbocycles. The van der Waals surface area contributed by atoms with Gasteiger partial charge < -0.3 is 0 Å². The van der Waals surface area contributed by atoms with Crippen molar-refractivity contribution in [3.63, 3.8) is 0 Å². The first kappa shape index (κ1) is 21.3. The number of sulfonamides is 1. The van der Waals surface area contributed by atoms with E-state index in [1.807, 2.05) is 31.2 Å². The molecule has 0 unspecified atom stereocenters. The van der Waals surface area contributed by atoms with E-state index in [1.54, 1.807) is 12.1 Å². The molecule has 10 heteroatoms. The molecule has 0 amide bonds. The first-order chi connectivity index (χ1) is 14.3. The number of non-ortho nitro benzene ring substituents is 1. The molecule has 8 nitrogen and oxygen atoms in total. The summed E-state index contributed by atoms with van der Waals surface area (Å²) < 4.78 is 28.3. The van der Waals surface area contributed by atoms with Gasteiger partial charge >= 0.3 is 0 Å². The lowest BCUT2D eigenvalue weighted by atomic mass is 10.1. The molecule has 2 N–H and O–H groups in total. The molecule has 0 aliphatic carbocycles. The largest absolute Gasteiger partial charge is 0.278 e. The van der Waals surface area contributed by atoms with Crippen LogP contribution in [0, 0.1) is 17.0 Å². The Balaban J connectivity index is 1.97. The Morgan fingerprint density at radius 2 is 1.73 bits per heavy atom. The third-order valence-corrected chi connectivity index (χ3v) is 5.90. The zero-order chi connectivity index (χ0) is 21.7. The van der Waals surface area contributed by atoms with Gasteiger partial charge in [-0.2, -0.15) is 5.10 Å². The number of aryl methyl sites for hydroxylation is 1. The minimum Gasteiger partial charge on any atom is -0.278 e. The summed E-state index contributed by atoms with van der Waals surface area (Å²) in [4.78, 5) is 10.2. The minimum atomic E-state index is -4.20. The standard InChI is InChI=1S/C20H17ClN4O4S/c1-14-6-2-3-7-15(14)13-22-23-19-11-10-16(25(26)27)12-20(19)30(28,29)24-18-9-5-4-8-17(18)21/h2-13,23-24H,1H3/b22-13-. The van der Waals surface area contributed by atoms with E-state index in [9.17, 15) is 18.5 Å². The number of para-hydroxylation sites is 1. The van der Waals surface area contributed by atoms with Gasteiger partial charge in [-0.3, -0.25) is 20.3 Å². The lowest BCUT2D eigenvalue weighted by Crippen LogP contribution is -2.15. The van der Waals surface area contributed by atoms with E-state index in [2.05, 4.69) is 15.2 Å². The fourth-order valence-corrected chi connectivity index (χ4v) is 4.08. The number of hydrazone groups is 1. The topological polar surface area (TPSA) is 114 Å². The number of halogens is 1. The molecule has 0 atom stereocenters. The summed E-state index contributed by atoms with van der Waals surface area (Å²) in [5.74, 6) is 0. The van der Waals surface area contributed by atoms with Crippen molar-refractivity contribution in [1.29, 1.82) is 0 Å². The van der Waals surface area contributed by atoms with Crippen molar-refractivity contribution in [2.45, 2.75) is 11.8 Å². The summed E-state index contributed by atoms with van der Waals surface area (Å²) in [6.07, 6.45) is 1.54. The highest BCUT2D eigenvalue weighted by Crippen LogP contribution is 2.30. The number of nitrogens with one attached hydrogen (secondary N) is 2. The monoisotopic (exact) mass is 444 g/mol. The number of hydrogen-bond acceptors (Lipinski definition) is 6. The quantitative estimate of drug-likeness (QED) is 0.308. The second-order valence-electron chi connectivity index (χ2n) is 6.25. The number of nitrogens with zero attached hydrogens (tertiary/aromatic N) is 2. The summed E-state index contributed by atoms with van der Waals surface area (Å²) in [6.45, 7) is 1.91. The number of benzene rings is 3. The molecular formula is C20H17ClN4O4S. The predicted molar refractivity (Wildman–Crippen MR) is 118 cm³/mol. The fraction of sp³-hybridized carbons (Fsp3) is 0.0500. The van der Waals surface area contributed by atoms with Crippen LogP contribution in [0.3, 0.4) is 0 Å². The molecule has 0 heterocycles.